The molecule has 8 rings (SSSR count). The predicted octanol–water partition coefficient (Wildman–Crippen LogP) is 16.8. The zero-order valence-electron chi connectivity index (χ0n) is 39.8. The molecule has 0 saturated heterocycles. The van der Waals surface area contributed by atoms with Crippen LogP contribution in [-0.2, 0) is 0 Å². The quantitative estimate of drug-likeness (QED) is 0.126. The molecule has 2 heterocycles. The monoisotopic (exact) mass is 883 g/mol. The highest BCUT2D eigenvalue weighted by Gasteiger charge is 2.43. The Balaban J connectivity index is 1.48. The van der Waals surface area contributed by atoms with Gasteiger partial charge in [-0.3, -0.25) is 0 Å². The molecule has 0 saturated carbocycles. The van der Waals surface area contributed by atoms with Gasteiger partial charge in [0.1, 0.15) is 16.1 Å². The van der Waals surface area contributed by atoms with Gasteiger partial charge in [0.05, 0.1) is 5.52 Å². The second-order valence-corrected chi connectivity index (χ2v) is 31.8. The van der Waals surface area contributed by atoms with Crippen molar-refractivity contribution in [2.75, 3.05) is 0 Å². The number of benzene rings is 6. The van der Waals surface area contributed by atoms with E-state index in [0.717, 1.165) is 44.4 Å². The topological polar surface area (TPSA) is 15.8 Å². The van der Waals surface area contributed by atoms with E-state index < -0.39 is 16.1 Å². The fraction of sp³-hybridized carbons (Fsp3) is 0.300. The summed E-state index contributed by atoms with van der Waals surface area (Å²) in [5.41, 5.74) is 19.8. The number of fused-ring (bicyclic) bond motifs is 9. The van der Waals surface area contributed by atoms with E-state index in [2.05, 4.69) is 207 Å². The summed E-state index contributed by atoms with van der Waals surface area (Å²) in [6, 6.07) is 38.7. The standard InChI is InChI=1S/C60H61NSSi2/c1-39(2)63(40(3)4,41(5)6)33-31-49-38-54-53(59-57(49)51-29-27-47(35-55(51)61-59)25-23-45-19-15-13-16-20-45)37-50(32-34-64(42(7)8,43(9)10)44(11)12)58-52-30-28-48(36-56(52)62-60(54)58)26-24-46-21-17-14-18-22-46/h13-22,27-30,35-44,61H,1-12H3. The van der Waals surface area contributed by atoms with Crippen molar-refractivity contribution < 1.29 is 0 Å². The maximum atomic E-state index is 4.13. The molecule has 0 unspecified atom stereocenters. The van der Waals surface area contributed by atoms with Crippen LogP contribution in [0.25, 0.3) is 52.8 Å². The Bertz CT molecular complexity index is 3040. The lowest BCUT2D eigenvalue weighted by Gasteiger charge is -2.38. The Kier molecular flexibility index (Phi) is 12.6. The Morgan fingerprint density at radius 2 is 0.844 bits per heavy atom. The third kappa shape index (κ3) is 8.04. The molecular weight excluding hydrogens is 823 g/mol. The summed E-state index contributed by atoms with van der Waals surface area (Å²) >= 11 is 1.87. The number of hydrogen-bond donors (Lipinski definition) is 1. The minimum Gasteiger partial charge on any atom is -0.354 e. The molecule has 8 aromatic rings. The molecule has 6 aromatic carbocycles. The van der Waals surface area contributed by atoms with Crippen LogP contribution in [0.5, 0.6) is 0 Å². The van der Waals surface area contributed by atoms with E-state index in [4.69, 9.17) is 0 Å². The number of H-pyrrole nitrogens is 1. The molecule has 0 aliphatic heterocycles. The summed E-state index contributed by atoms with van der Waals surface area (Å²) in [7, 11) is -4.12. The molecule has 0 spiro atoms. The Hall–Kier alpha value is -5.73. The highest BCUT2D eigenvalue weighted by atomic mass is 32.1. The van der Waals surface area contributed by atoms with Crippen LogP contribution >= 0.6 is 11.3 Å². The maximum Gasteiger partial charge on any atom is 0.146 e. The first-order valence-corrected chi connectivity index (χ1v) is 28.6. The van der Waals surface area contributed by atoms with Crippen LogP contribution in [-0.4, -0.2) is 21.1 Å². The van der Waals surface area contributed by atoms with Gasteiger partial charge in [-0.2, -0.15) is 0 Å². The number of thiophene rings is 1. The first kappa shape index (κ1) is 44.9. The molecule has 1 N–H and O–H groups in total. The molecule has 64 heavy (non-hydrogen) atoms. The Labute approximate surface area is 388 Å². The zero-order valence-corrected chi connectivity index (χ0v) is 42.6. The summed E-state index contributed by atoms with van der Waals surface area (Å²) in [5.74, 6) is 21.6. The smallest absolute Gasteiger partial charge is 0.146 e. The van der Waals surface area contributed by atoms with Crippen molar-refractivity contribution in [1.29, 1.82) is 0 Å². The molecule has 1 nitrogen and oxygen atoms in total. The van der Waals surface area contributed by atoms with E-state index in [1.165, 1.54) is 41.7 Å². The number of nitrogens with one attached hydrogen (secondary N) is 1. The summed E-state index contributed by atoms with van der Waals surface area (Å²) in [5, 5.41) is 7.24. The summed E-state index contributed by atoms with van der Waals surface area (Å²) in [6.07, 6.45) is 0. The van der Waals surface area contributed by atoms with E-state index in [1.807, 2.05) is 47.7 Å². The van der Waals surface area contributed by atoms with Crippen LogP contribution in [0.2, 0.25) is 33.2 Å². The lowest BCUT2D eigenvalue weighted by atomic mass is 9.95. The summed E-state index contributed by atoms with van der Waals surface area (Å²) in [6.45, 7) is 28.8. The molecule has 0 aliphatic carbocycles. The van der Waals surface area contributed by atoms with Crippen molar-refractivity contribution in [2.45, 2.75) is 116 Å². The van der Waals surface area contributed by atoms with Crippen LogP contribution in [0.1, 0.15) is 116 Å². The van der Waals surface area contributed by atoms with Crippen molar-refractivity contribution >= 4 is 80.2 Å². The molecule has 0 fully saturated rings. The maximum absolute atomic E-state index is 4.13. The minimum atomic E-state index is -2.06. The van der Waals surface area contributed by atoms with E-state index in [-0.39, 0.29) is 0 Å². The van der Waals surface area contributed by atoms with Crippen molar-refractivity contribution in [2.24, 2.45) is 0 Å². The van der Waals surface area contributed by atoms with Gasteiger partial charge < -0.3 is 4.98 Å². The average molecular weight is 884 g/mol. The number of rotatable bonds is 6. The van der Waals surface area contributed by atoms with Crippen LogP contribution in [0.15, 0.2) is 109 Å². The van der Waals surface area contributed by atoms with Crippen molar-refractivity contribution in [1.82, 2.24) is 4.98 Å². The Morgan fingerprint density at radius 1 is 0.406 bits per heavy atom. The van der Waals surface area contributed by atoms with Crippen LogP contribution in [0.4, 0.5) is 0 Å². The molecule has 320 valence electrons. The first-order chi connectivity index (χ1) is 30.6. The number of aromatic nitrogens is 1. The van der Waals surface area contributed by atoms with Gasteiger partial charge in [0.2, 0.25) is 0 Å². The van der Waals surface area contributed by atoms with Gasteiger partial charge in [-0.1, -0.05) is 167 Å². The summed E-state index contributed by atoms with van der Waals surface area (Å²) in [4.78, 5) is 3.98. The van der Waals surface area contributed by atoms with Crippen molar-refractivity contribution in [3.63, 3.8) is 0 Å². The lowest BCUT2D eigenvalue weighted by Crippen LogP contribution is -2.43. The molecule has 0 atom stereocenters. The van der Waals surface area contributed by atoms with E-state index in [0.29, 0.717) is 33.2 Å². The number of hydrogen-bond acceptors (Lipinski definition) is 1. The molecule has 4 heteroatoms. The highest BCUT2D eigenvalue weighted by molar-refractivity contribution is 7.26. The SMILES string of the molecule is CC(C)[Si](C#Cc1cc2c(cc(C#C[Si](C(C)C)(C(C)C)C(C)C)c3c4ccc(C#Cc5ccccc5)cc4sc23)c2[nH]c3cc(C#Cc4ccccc4)ccc3c12)(C(C)C)C(C)C. The largest absolute Gasteiger partial charge is 0.354 e. The van der Waals surface area contributed by atoms with Gasteiger partial charge in [-0.05, 0) is 93.9 Å². The van der Waals surface area contributed by atoms with Crippen molar-refractivity contribution in [3.8, 4) is 46.6 Å². The predicted molar refractivity (Wildman–Crippen MR) is 287 cm³/mol. The molecule has 2 aromatic heterocycles. The molecule has 0 aliphatic rings. The lowest BCUT2D eigenvalue weighted by molar-refractivity contribution is 0.838. The average Bonchev–Trinajstić information content (AvgIpc) is 3.85. The van der Waals surface area contributed by atoms with Gasteiger partial charge in [0, 0.05) is 80.6 Å². The fourth-order valence-electron chi connectivity index (χ4n) is 11.1. The van der Waals surface area contributed by atoms with Crippen LogP contribution < -0.4 is 0 Å². The second-order valence-electron chi connectivity index (χ2n) is 19.6. The molecular formula is C60H61NSSi2. The van der Waals surface area contributed by atoms with Gasteiger partial charge in [0.25, 0.3) is 0 Å². The van der Waals surface area contributed by atoms with Gasteiger partial charge in [-0.15, -0.1) is 22.4 Å². The highest BCUT2D eigenvalue weighted by Crippen LogP contribution is 2.46. The first-order valence-electron chi connectivity index (χ1n) is 23.3. The summed E-state index contributed by atoms with van der Waals surface area (Å²) < 4.78 is 2.48. The fourth-order valence-corrected chi connectivity index (χ4v) is 22.8. The third-order valence-corrected chi connectivity index (χ3v) is 28.0. The van der Waals surface area contributed by atoms with Gasteiger partial charge in [0.15, 0.2) is 0 Å². The third-order valence-electron chi connectivity index (χ3n) is 14.2. The van der Waals surface area contributed by atoms with E-state index in [9.17, 15) is 0 Å². The van der Waals surface area contributed by atoms with Crippen LogP contribution in [0.3, 0.4) is 0 Å². The minimum absolute atomic E-state index is 0.525. The van der Waals surface area contributed by atoms with E-state index in [1.54, 1.807) is 0 Å². The molecule has 0 amide bonds. The van der Waals surface area contributed by atoms with E-state index >= 15 is 0 Å². The van der Waals surface area contributed by atoms with Crippen molar-refractivity contribution in [3.05, 3.63) is 143 Å². The number of aromatic amines is 1. The molecule has 0 bridgehead atoms. The van der Waals surface area contributed by atoms with Gasteiger partial charge >= 0.3 is 0 Å². The van der Waals surface area contributed by atoms with Crippen LogP contribution in [0, 0.1) is 46.6 Å². The molecule has 0 radical (unpaired) electrons. The zero-order chi connectivity index (χ0) is 45.5. The van der Waals surface area contributed by atoms with Gasteiger partial charge in [-0.25, -0.2) is 0 Å². The Morgan fingerprint density at radius 3 is 1.34 bits per heavy atom. The second kappa shape index (κ2) is 18.0. The normalized spacial score (nSPS) is 12.1.